The number of hydrogen-bond acceptors (Lipinski definition) is 3. The highest BCUT2D eigenvalue weighted by molar-refractivity contribution is 5.85. The molecule has 0 aliphatic carbocycles. The van der Waals surface area contributed by atoms with E-state index >= 15 is 0 Å². The molecule has 0 radical (unpaired) electrons. The first-order valence-corrected chi connectivity index (χ1v) is 6.92. The van der Waals surface area contributed by atoms with Crippen LogP contribution in [0.1, 0.15) is 24.8 Å². The first kappa shape index (κ1) is 17.7. The molecule has 0 bridgehead atoms. The molecule has 1 heterocycles. The third-order valence-electron chi connectivity index (χ3n) is 3.62. The van der Waals surface area contributed by atoms with Gasteiger partial charge in [-0.15, -0.1) is 12.4 Å². The minimum Gasteiger partial charge on any atom is -0.494 e. The van der Waals surface area contributed by atoms with Crippen LogP contribution < -0.4 is 10.1 Å². The number of carbonyl (C=O) groups is 1. The SMILES string of the molecule is COc1ccc(CN(C)C(=O)[C@H]2CCCCN2)cc1F.Cl. The number of halogens is 2. The van der Waals surface area contributed by atoms with Gasteiger partial charge in [-0.05, 0) is 37.1 Å². The van der Waals surface area contributed by atoms with Crippen LogP contribution in [0, 0.1) is 5.82 Å². The molecule has 1 atom stereocenters. The summed E-state index contributed by atoms with van der Waals surface area (Å²) in [6, 6.07) is 4.68. The number of nitrogens with zero attached hydrogens (tertiary/aromatic N) is 1. The molecule has 1 aromatic carbocycles. The first-order chi connectivity index (χ1) is 9.61. The van der Waals surface area contributed by atoms with Gasteiger partial charge in [0.1, 0.15) is 0 Å². The van der Waals surface area contributed by atoms with Crippen LogP contribution >= 0.6 is 12.4 Å². The van der Waals surface area contributed by atoms with E-state index in [4.69, 9.17) is 4.74 Å². The highest BCUT2D eigenvalue weighted by atomic mass is 35.5. The fraction of sp³-hybridized carbons (Fsp3) is 0.533. The molecule has 0 spiro atoms. The lowest BCUT2D eigenvalue weighted by Gasteiger charge is -2.27. The van der Waals surface area contributed by atoms with Gasteiger partial charge in [0.05, 0.1) is 13.2 Å². The van der Waals surface area contributed by atoms with Crippen molar-refractivity contribution in [1.82, 2.24) is 10.2 Å². The van der Waals surface area contributed by atoms with Crippen LogP contribution in [-0.2, 0) is 11.3 Å². The quantitative estimate of drug-likeness (QED) is 0.927. The van der Waals surface area contributed by atoms with Gasteiger partial charge in [-0.2, -0.15) is 0 Å². The predicted octanol–water partition coefficient (Wildman–Crippen LogP) is 2.36. The van der Waals surface area contributed by atoms with Crippen molar-refractivity contribution in [1.29, 1.82) is 0 Å². The number of likely N-dealkylation sites (N-methyl/N-ethyl adjacent to an activating group) is 1. The largest absolute Gasteiger partial charge is 0.494 e. The Labute approximate surface area is 131 Å². The summed E-state index contributed by atoms with van der Waals surface area (Å²) in [6.07, 6.45) is 3.08. The van der Waals surface area contributed by atoms with Crippen molar-refractivity contribution in [3.05, 3.63) is 29.6 Å². The van der Waals surface area contributed by atoms with Gasteiger partial charge >= 0.3 is 0 Å². The summed E-state index contributed by atoms with van der Waals surface area (Å²) in [4.78, 5) is 13.9. The van der Waals surface area contributed by atoms with Crippen molar-refractivity contribution in [2.75, 3.05) is 20.7 Å². The fourth-order valence-corrected chi connectivity index (χ4v) is 2.49. The zero-order valence-corrected chi connectivity index (χ0v) is 13.2. The lowest BCUT2D eigenvalue weighted by Crippen LogP contribution is -2.46. The summed E-state index contributed by atoms with van der Waals surface area (Å²) in [5.41, 5.74) is 0.759. The maximum absolute atomic E-state index is 13.6. The number of hydrogen-bond donors (Lipinski definition) is 1. The maximum atomic E-state index is 13.6. The van der Waals surface area contributed by atoms with E-state index in [0.717, 1.165) is 31.4 Å². The van der Waals surface area contributed by atoms with Gasteiger partial charge in [0, 0.05) is 13.6 Å². The summed E-state index contributed by atoms with van der Waals surface area (Å²) in [5.74, 6) is -0.112. The zero-order chi connectivity index (χ0) is 14.5. The van der Waals surface area contributed by atoms with Crippen molar-refractivity contribution in [2.45, 2.75) is 31.8 Å². The van der Waals surface area contributed by atoms with Crippen molar-refractivity contribution in [3.8, 4) is 5.75 Å². The standard InChI is InChI=1S/C15H21FN2O2.ClH/c1-18(15(19)13-5-3-4-8-17-13)10-11-6-7-14(20-2)12(16)9-11;/h6-7,9,13,17H,3-5,8,10H2,1-2H3;1H/t13-;/m1./s1. The second-order valence-electron chi connectivity index (χ2n) is 5.17. The highest BCUT2D eigenvalue weighted by Crippen LogP contribution is 2.19. The van der Waals surface area contributed by atoms with Crippen molar-refractivity contribution in [3.63, 3.8) is 0 Å². The summed E-state index contributed by atoms with van der Waals surface area (Å²) in [5, 5.41) is 3.23. The van der Waals surface area contributed by atoms with Crippen molar-refractivity contribution < 1.29 is 13.9 Å². The number of piperidine rings is 1. The Balaban J connectivity index is 0.00000220. The van der Waals surface area contributed by atoms with E-state index in [2.05, 4.69) is 5.32 Å². The van der Waals surface area contributed by atoms with Crippen LogP contribution in [0.15, 0.2) is 18.2 Å². The number of amides is 1. The van der Waals surface area contributed by atoms with Gasteiger partial charge < -0.3 is 15.0 Å². The van der Waals surface area contributed by atoms with Crippen molar-refractivity contribution in [2.24, 2.45) is 0 Å². The van der Waals surface area contributed by atoms with Gasteiger partial charge in [-0.25, -0.2) is 4.39 Å². The molecular weight excluding hydrogens is 295 g/mol. The van der Waals surface area contributed by atoms with Crippen LogP contribution in [-0.4, -0.2) is 37.6 Å². The molecule has 118 valence electrons. The Morgan fingerprint density at radius 1 is 1.48 bits per heavy atom. The van der Waals surface area contributed by atoms with Crippen molar-refractivity contribution >= 4 is 18.3 Å². The minimum atomic E-state index is -0.401. The van der Waals surface area contributed by atoms with Gasteiger partial charge in [-0.1, -0.05) is 12.5 Å². The molecule has 1 fully saturated rings. The lowest BCUT2D eigenvalue weighted by atomic mass is 10.0. The molecule has 1 aromatic rings. The molecule has 6 heteroatoms. The van der Waals surface area contributed by atoms with E-state index < -0.39 is 5.82 Å². The average Bonchev–Trinajstić information content (AvgIpc) is 2.47. The molecule has 1 aliphatic rings. The Morgan fingerprint density at radius 3 is 2.81 bits per heavy atom. The molecule has 1 amide bonds. The van der Waals surface area contributed by atoms with E-state index in [1.165, 1.54) is 13.2 Å². The van der Waals surface area contributed by atoms with Crippen LogP contribution in [0.4, 0.5) is 4.39 Å². The molecule has 21 heavy (non-hydrogen) atoms. The fourth-order valence-electron chi connectivity index (χ4n) is 2.49. The molecule has 1 aliphatic heterocycles. The molecule has 1 saturated heterocycles. The van der Waals surface area contributed by atoms with Gasteiger partial charge in [0.2, 0.25) is 5.91 Å². The average molecular weight is 317 g/mol. The maximum Gasteiger partial charge on any atom is 0.239 e. The van der Waals surface area contributed by atoms with E-state index in [-0.39, 0.29) is 30.1 Å². The Kier molecular flexibility index (Phi) is 6.92. The Hall–Kier alpha value is -1.33. The van der Waals surface area contributed by atoms with Gasteiger partial charge in [-0.3, -0.25) is 4.79 Å². The smallest absolute Gasteiger partial charge is 0.239 e. The third kappa shape index (κ3) is 4.58. The minimum absolute atomic E-state index is 0. The molecule has 0 unspecified atom stereocenters. The van der Waals surface area contributed by atoms with E-state index in [1.807, 2.05) is 0 Å². The van der Waals surface area contributed by atoms with Gasteiger partial charge in [0.15, 0.2) is 11.6 Å². The predicted molar refractivity (Wildman–Crippen MR) is 82.3 cm³/mol. The number of nitrogens with one attached hydrogen (secondary N) is 1. The topological polar surface area (TPSA) is 41.6 Å². The van der Waals surface area contributed by atoms with Gasteiger partial charge in [0.25, 0.3) is 0 Å². The Morgan fingerprint density at radius 2 is 2.24 bits per heavy atom. The summed E-state index contributed by atoms with van der Waals surface area (Å²) >= 11 is 0. The van der Waals surface area contributed by atoms with Crippen LogP contribution in [0.5, 0.6) is 5.75 Å². The zero-order valence-electron chi connectivity index (χ0n) is 12.4. The molecule has 2 rings (SSSR count). The number of benzene rings is 1. The van der Waals surface area contributed by atoms with Crippen LogP contribution in [0.25, 0.3) is 0 Å². The monoisotopic (exact) mass is 316 g/mol. The molecule has 4 nitrogen and oxygen atoms in total. The van der Waals surface area contributed by atoms with E-state index in [9.17, 15) is 9.18 Å². The normalized spacial score (nSPS) is 17.8. The van der Waals surface area contributed by atoms with Crippen LogP contribution in [0.2, 0.25) is 0 Å². The van der Waals surface area contributed by atoms with E-state index in [0.29, 0.717) is 6.54 Å². The Bertz CT molecular complexity index is 479. The summed E-state index contributed by atoms with van der Waals surface area (Å²) in [6.45, 7) is 1.29. The molecule has 0 aromatic heterocycles. The van der Waals surface area contributed by atoms with E-state index in [1.54, 1.807) is 24.1 Å². The second kappa shape index (κ2) is 8.20. The first-order valence-electron chi connectivity index (χ1n) is 6.92. The second-order valence-corrected chi connectivity index (χ2v) is 5.17. The molecular formula is C15H22ClFN2O2. The number of rotatable bonds is 4. The third-order valence-corrected chi connectivity index (χ3v) is 3.62. The molecule has 0 saturated carbocycles. The number of ether oxygens (including phenoxy) is 1. The van der Waals surface area contributed by atoms with Crippen LogP contribution in [0.3, 0.4) is 0 Å². The lowest BCUT2D eigenvalue weighted by molar-refractivity contribution is -0.133. The number of methoxy groups -OCH3 is 1. The molecule has 1 N–H and O–H groups in total. The summed E-state index contributed by atoms with van der Waals surface area (Å²) < 4.78 is 18.5. The summed E-state index contributed by atoms with van der Waals surface area (Å²) in [7, 11) is 3.18. The highest BCUT2D eigenvalue weighted by Gasteiger charge is 2.23. The number of carbonyl (C=O) groups excluding carboxylic acids is 1.